The molecule has 7 nitrogen and oxygen atoms in total. The van der Waals surface area contributed by atoms with Crippen LogP contribution in [0.15, 0.2) is 30.5 Å². The van der Waals surface area contributed by atoms with Gasteiger partial charge in [-0.2, -0.15) is 0 Å². The van der Waals surface area contributed by atoms with E-state index in [9.17, 15) is 8.42 Å². The Morgan fingerprint density at radius 3 is 2.53 bits per heavy atom. The molecule has 19 heavy (non-hydrogen) atoms. The normalized spacial score (nSPS) is 11.5. The van der Waals surface area contributed by atoms with E-state index in [1.54, 1.807) is 23.0 Å². The highest BCUT2D eigenvalue weighted by molar-refractivity contribution is 7.88. The van der Waals surface area contributed by atoms with Crippen LogP contribution in [0.1, 0.15) is 11.3 Å². The molecular formula is C11H15N5O2S. The molecule has 2 aromatic rings. The quantitative estimate of drug-likeness (QED) is 0.816. The molecule has 1 aromatic heterocycles. The maximum absolute atomic E-state index is 10.9. The topological polar surface area (TPSA) is 103 Å². The minimum Gasteiger partial charge on any atom is -0.379 e. The molecular weight excluding hydrogens is 266 g/mol. The van der Waals surface area contributed by atoms with Crippen molar-refractivity contribution < 1.29 is 8.42 Å². The van der Waals surface area contributed by atoms with Crippen LogP contribution in [0.2, 0.25) is 0 Å². The molecule has 3 N–H and O–H groups in total. The van der Waals surface area contributed by atoms with Gasteiger partial charge in [-0.3, -0.25) is 4.68 Å². The summed E-state index contributed by atoms with van der Waals surface area (Å²) in [5.41, 5.74) is 2.50. The molecule has 0 saturated carbocycles. The van der Waals surface area contributed by atoms with E-state index < -0.39 is 10.0 Å². The Hall–Kier alpha value is -1.93. The SMILES string of the molecule is Cn1nncc1CNc1ccc(CS(N)(=O)=O)cc1. The highest BCUT2D eigenvalue weighted by atomic mass is 32.2. The first-order chi connectivity index (χ1) is 8.94. The Balaban J connectivity index is 1.97. The van der Waals surface area contributed by atoms with Crippen LogP contribution in [0, 0.1) is 0 Å². The Bertz CT molecular complexity index is 648. The number of hydrogen-bond donors (Lipinski definition) is 2. The van der Waals surface area contributed by atoms with Crippen molar-refractivity contribution in [3.8, 4) is 0 Å². The summed E-state index contributed by atoms with van der Waals surface area (Å²) < 4.78 is 23.6. The number of nitrogens with one attached hydrogen (secondary N) is 1. The molecule has 1 aromatic carbocycles. The molecule has 1 heterocycles. The number of hydrogen-bond acceptors (Lipinski definition) is 5. The summed E-state index contributed by atoms with van der Waals surface area (Å²) in [5, 5.41) is 15.8. The maximum Gasteiger partial charge on any atom is 0.213 e. The lowest BCUT2D eigenvalue weighted by Crippen LogP contribution is -2.14. The first-order valence-corrected chi connectivity index (χ1v) is 7.32. The van der Waals surface area contributed by atoms with Crippen LogP contribution in [0.3, 0.4) is 0 Å². The summed E-state index contributed by atoms with van der Waals surface area (Å²) in [7, 11) is -1.66. The molecule has 0 aliphatic heterocycles. The van der Waals surface area contributed by atoms with E-state index in [-0.39, 0.29) is 5.75 Å². The Morgan fingerprint density at radius 2 is 2.00 bits per heavy atom. The summed E-state index contributed by atoms with van der Waals surface area (Å²) in [6.07, 6.45) is 1.68. The van der Waals surface area contributed by atoms with Crippen LogP contribution in [-0.2, 0) is 29.4 Å². The summed E-state index contributed by atoms with van der Waals surface area (Å²) in [6, 6.07) is 7.08. The Kier molecular flexibility index (Phi) is 3.82. The third-order valence-electron chi connectivity index (χ3n) is 2.60. The van der Waals surface area contributed by atoms with Crippen molar-refractivity contribution >= 4 is 15.7 Å². The molecule has 0 fully saturated rings. The fraction of sp³-hybridized carbons (Fsp3) is 0.273. The lowest BCUT2D eigenvalue weighted by Gasteiger charge is -2.07. The van der Waals surface area contributed by atoms with Crippen molar-refractivity contribution in [2.45, 2.75) is 12.3 Å². The highest BCUT2D eigenvalue weighted by Gasteiger charge is 2.05. The molecule has 8 heteroatoms. The molecule has 0 saturated heterocycles. The van der Waals surface area contributed by atoms with Gasteiger partial charge in [0, 0.05) is 12.7 Å². The van der Waals surface area contributed by atoms with Gasteiger partial charge < -0.3 is 5.32 Å². The summed E-state index contributed by atoms with van der Waals surface area (Å²) >= 11 is 0. The van der Waals surface area contributed by atoms with Crippen molar-refractivity contribution in [3.63, 3.8) is 0 Å². The lowest BCUT2D eigenvalue weighted by molar-refractivity contribution is 0.597. The van der Waals surface area contributed by atoms with E-state index in [1.165, 1.54) is 0 Å². The monoisotopic (exact) mass is 281 g/mol. The second kappa shape index (κ2) is 5.37. The maximum atomic E-state index is 10.9. The number of nitrogens with two attached hydrogens (primary N) is 1. The van der Waals surface area contributed by atoms with Crippen LogP contribution in [0.25, 0.3) is 0 Å². The van der Waals surface area contributed by atoms with Crippen molar-refractivity contribution in [1.82, 2.24) is 15.0 Å². The van der Waals surface area contributed by atoms with E-state index in [2.05, 4.69) is 15.6 Å². The van der Waals surface area contributed by atoms with Crippen molar-refractivity contribution in [3.05, 3.63) is 41.7 Å². The van der Waals surface area contributed by atoms with Gasteiger partial charge in [0.25, 0.3) is 0 Å². The fourth-order valence-corrected chi connectivity index (χ4v) is 2.27. The van der Waals surface area contributed by atoms with Crippen LogP contribution in [-0.4, -0.2) is 23.4 Å². The molecule has 0 aliphatic rings. The average molecular weight is 281 g/mol. The number of nitrogens with zero attached hydrogens (tertiary/aromatic N) is 3. The van der Waals surface area contributed by atoms with Crippen LogP contribution in [0.4, 0.5) is 5.69 Å². The molecule has 0 unspecified atom stereocenters. The Morgan fingerprint density at radius 1 is 1.32 bits per heavy atom. The van der Waals surface area contributed by atoms with Crippen molar-refractivity contribution in [1.29, 1.82) is 0 Å². The second-order valence-electron chi connectivity index (χ2n) is 4.21. The standard InChI is InChI=1S/C11H15N5O2S/c1-16-11(7-14-15-16)6-13-10-4-2-9(3-5-10)8-19(12,17)18/h2-5,7,13H,6,8H2,1H3,(H2,12,17,18). The first kappa shape index (κ1) is 13.5. The van der Waals surface area contributed by atoms with Crippen molar-refractivity contribution in [2.75, 3.05) is 5.32 Å². The van der Waals surface area contributed by atoms with Gasteiger partial charge in [-0.05, 0) is 17.7 Å². The summed E-state index contributed by atoms with van der Waals surface area (Å²) in [4.78, 5) is 0. The third kappa shape index (κ3) is 4.04. The van der Waals surface area contributed by atoms with Crippen LogP contribution < -0.4 is 10.5 Å². The van der Waals surface area contributed by atoms with Crippen LogP contribution >= 0.6 is 0 Å². The van der Waals surface area contributed by atoms with Gasteiger partial charge in [0.2, 0.25) is 10.0 Å². The molecule has 0 aliphatic carbocycles. The molecule has 0 amide bonds. The number of aromatic nitrogens is 3. The number of aryl methyl sites for hydroxylation is 1. The summed E-state index contributed by atoms with van der Waals surface area (Å²) in [5.74, 6) is -0.154. The number of benzene rings is 1. The molecule has 102 valence electrons. The minimum atomic E-state index is -3.48. The molecule has 2 rings (SSSR count). The second-order valence-corrected chi connectivity index (χ2v) is 5.82. The van der Waals surface area contributed by atoms with E-state index in [4.69, 9.17) is 5.14 Å². The number of primary sulfonamides is 1. The van der Waals surface area contributed by atoms with Gasteiger partial charge >= 0.3 is 0 Å². The number of sulfonamides is 1. The predicted octanol–water partition coefficient (Wildman–Crippen LogP) is 0.216. The zero-order chi connectivity index (χ0) is 13.9. The molecule has 0 radical (unpaired) electrons. The van der Waals surface area contributed by atoms with Gasteiger partial charge in [-0.15, -0.1) is 5.10 Å². The molecule has 0 atom stereocenters. The van der Waals surface area contributed by atoms with E-state index in [0.717, 1.165) is 11.4 Å². The van der Waals surface area contributed by atoms with E-state index in [0.29, 0.717) is 12.1 Å². The summed E-state index contributed by atoms with van der Waals surface area (Å²) in [6.45, 7) is 0.595. The van der Waals surface area contributed by atoms with E-state index >= 15 is 0 Å². The smallest absolute Gasteiger partial charge is 0.213 e. The number of rotatable bonds is 5. The average Bonchev–Trinajstić information content (AvgIpc) is 2.72. The molecule has 0 bridgehead atoms. The molecule has 0 spiro atoms. The third-order valence-corrected chi connectivity index (χ3v) is 3.34. The van der Waals surface area contributed by atoms with Gasteiger partial charge in [0.05, 0.1) is 24.2 Å². The zero-order valence-electron chi connectivity index (χ0n) is 10.4. The van der Waals surface area contributed by atoms with Gasteiger partial charge in [-0.1, -0.05) is 17.3 Å². The van der Waals surface area contributed by atoms with Gasteiger partial charge in [0.1, 0.15) is 0 Å². The zero-order valence-corrected chi connectivity index (χ0v) is 11.3. The lowest BCUT2D eigenvalue weighted by atomic mass is 10.2. The minimum absolute atomic E-state index is 0.154. The van der Waals surface area contributed by atoms with Crippen molar-refractivity contribution in [2.24, 2.45) is 12.2 Å². The number of anilines is 1. The van der Waals surface area contributed by atoms with E-state index in [1.807, 2.05) is 19.2 Å². The fourth-order valence-electron chi connectivity index (χ4n) is 1.61. The highest BCUT2D eigenvalue weighted by Crippen LogP contribution is 2.12. The van der Waals surface area contributed by atoms with Crippen LogP contribution in [0.5, 0.6) is 0 Å². The Labute approximate surface area is 111 Å². The predicted molar refractivity (Wildman–Crippen MR) is 71.6 cm³/mol. The van der Waals surface area contributed by atoms with Gasteiger partial charge in [-0.25, -0.2) is 13.6 Å². The first-order valence-electron chi connectivity index (χ1n) is 5.61. The van der Waals surface area contributed by atoms with Gasteiger partial charge in [0.15, 0.2) is 0 Å². The largest absolute Gasteiger partial charge is 0.379 e.